The van der Waals surface area contributed by atoms with Crippen molar-refractivity contribution in [3.8, 4) is 0 Å². The number of halogens is 2. The molecule has 8 heteroatoms. The first kappa shape index (κ1) is 22.5. The summed E-state index contributed by atoms with van der Waals surface area (Å²) in [4.78, 5) is 17.6. The summed E-state index contributed by atoms with van der Waals surface area (Å²) in [7, 11) is 1.92. The van der Waals surface area contributed by atoms with E-state index in [9.17, 15) is 4.79 Å². The van der Waals surface area contributed by atoms with Gasteiger partial charge in [-0.25, -0.2) is 0 Å². The van der Waals surface area contributed by atoms with Crippen LogP contribution in [0.2, 0.25) is 0 Å². The molecule has 1 N–H and O–H groups in total. The Hall–Kier alpha value is -1.76. The van der Waals surface area contributed by atoms with Gasteiger partial charge in [-0.15, -0.1) is 24.8 Å². The minimum absolute atomic E-state index is 0. The molecular formula is C20H29Cl2N5O. The zero-order valence-electron chi connectivity index (χ0n) is 16.4. The normalized spacial score (nSPS) is 21.8. The fraction of sp³-hybridized carbons (Fsp3) is 0.500. The minimum Gasteiger partial charge on any atom is -0.368 e. The molecule has 6 nitrogen and oxygen atoms in total. The first-order valence-corrected chi connectivity index (χ1v) is 9.42. The number of nitrogens with zero attached hydrogens (tertiary/aromatic N) is 4. The number of aromatic nitrogens is 2. The van der Waals surface area contributed by atoms with Crippen LogP contribution in [0.15, 0.2) is 36.7 Å². The van der Waals surface area contributed by atoms with E-state index in [1.54, 1.807) is 0 Å². The maximum absolute atomic E-state index is 13.1. The number of hydrogen-bond donors (Lipinski definition) is 1. The lowest BCUT2D eigenvalue weighted by atomic mass is 9.89. The van der Waals surface area contributed by atoms with Crippen molar-refractivity contribution in [3.05, 3.63) is 47.8 Å². The third-order valence-corrected chi connectivity index (χ3v) is 5.73. The van der Waals surface area contributed by atoms with Crippen LogP contribution in [0.25, 0.3) is 0 Å². The highest BCUT2D eigenvalue weighted by atomic mass is 35.5. The van der Waals surface area contributed by atoms with Crippen molar-refractivity contribution in [2.75, 3.05) is 44.2 Å². The molecule has 2 aliphatic rings. The average Bonchev–Trinajstić information content (AvgIpc) is 3.30. The monoisotopic (exact) mass is 425 g/mol. The number of anilines is 1. The van der Waals surface area contributed by atoms with Gasteiger partial charge in [0.1, 0.15) is 0 Å². The molecule has 0 saturated carbocycles. The van der Waals surface area contributed by atoms with Gasteiger partial charge in [0, 0.05) is 64.1 Å². The smallest absolute Gasteiger partial charge is 0.227 e. The topological polar surface area (TPSA) is 53.4 Å². The Bertz CT molecular complexity index is 788. The van der Waals surface area contributed by atoms with Crippen molar-refractivity contribution < 1.29 is 4.79 Å². The Balaban J connectivity index is 0.00000140. The molecule has 1 amide bonds. The summed E-state index contributed by atoms with van der Waals surface area (Å²) in [6.07, 6.45) is 3.93. The van der Waals surface area contributed by atoms with Crippen molar-refractivity contribution >= 4 is 36.4 Å². The van der Waals surface area contributed by atoms with E-state index < -0.39 is 0 Å². The maximum atomic E-state index is 13.1. The highest BCUT2D eigenvalue weighted by Crippen LogP contribution is 2.30. The predicted molar refractivity (Wildman–Crippen MR) is 117 cm³/mol. The number of rotatable bonds is 3. The van der Waals surface area contributed by atoms with Crippen LogP contribution in [0, 0.1) is 12.8 Å². The number of nitrogens with one attached hydrogen (secondary N) is 1. The summed E-state index contributed by atoms with van der Waals surface area (Å²) < 4.78 is 1.82. The van der Waals surface area contributed by atoms with Crippen LogP contribution < -0.4 is 10.2 Å². The highest BCUT2D eigenvalue weighted by Gasteiger charge is 2.37. The van der Waals surface area contributed by atoms with Crippen LogP contribution in [0.3, 0.4) is 0 Å². The van der Waals surface area contributed by atoms with Gasteiger partial charge in [0.25, 0.3) is 0 Å². The first-order chi connectivity index (χ1) is 12.6. The van der Waals surface area contributed by atoms with Crippen molar-refractivity contribution in [1.29, 1.82) is 0 Å². The Morgan fingerprint density at radius 2 is 1.82 bits per heavy atom. The minimum atomic E-state index is 0. The van der Waals surface area contributed by atoms with Gasteiger partial charge in [0.15, 0.2) is 0 Å². The fourth-order valence-corrected chi connectivity index (χ4v) is 4.24. The molecule has 2 atom stereocenters. The van der Waals surface area contributed by atoms with Crippen LogP contribution >= 0.6 is 24.8 Å². The van der Waals surface area contributed by atoms with Crippen molar-refractivity contribution in [2.24, 2.45) is 13.0 Å². The number of aryl methyl sites for hydroxylation is 2. The molecule has 2 aliphatic heterocycles. The second kappa shape index (κ2) is 9.63. The zero-order valence-corrected chi connectivity index (χ0v) is 18.0. The second-order valence-electron chi connectivity index (χ2n) is 7.42. The molecule has 1 aromatic heterocycles. The van der Waals surface area contributed by atoms with E-state index in [-0.39, 0.29) is 42.6 Å². The Morgan fingerprint density at radius 3 is 2.46 bits per heavy atom. The first-order valence-electron chi connectivity index (χ1n) is 9.42. The van der Waals surface area contributed by atoms with Gasteiger partial charge in [-0.2, -0.15) is 5.10 Å². The van der Waals surface area contributed by atoms with Crippen LogP contribution in [-0.2, 0) is 11.8 Å². The summed E-state index contributed by atoms with van der Waals surface area (Å²) >= 11 is 0. The predicted octanol–water partition coefficient (Wildman–Crippen LogP) is 2.22. The van der Waals surface area contributed by atoms with Crippen LogP contribution in [0.1, 0.15) is 17.0 Å². The van der Waals surface area contributed by atoms with Crippen molar-refractivity contribution in [1.82, 2.24) is 20.0 Å². The van der Waals surface area contributed by atoms with Crippen LogP contribution in [0.5, 0.6) is 0 Å². The maximum Gasteiger partial charge on any atom is 0.227 e. The summed E-state index contributed by atoms with van der Waals surface area (Å²) in [5.41, 5.74) is 3.74. The molecule has 0 aliphatic carbocycles. The highest BCUT2D eigenvalue weighted by molar-refractivity contribution is 5.85. The third kappa shape index (κ3) is 4.45. The lowest BCUT2D eigenvalue weighted by Gasteiger charge is -2.38. The number of benzene rings is 1. The van der Waals surface area contributed by atoms with Gasteiger partial charge in [-0.05, 0) is 24.1 Å². The van der Waals surface area contributed by atoms with Gasteiger partial charge in [-0.1, -0.05) is 18.2 Å². The number of amides is 1. The number of carbonyl (C=O) groups excluding carboxylic acids is 1. The van der Waals surface area contributed by atoms with Gasteiger partial charge in [-0.3, -0.25) is 9.48 Å². The fourth-order valence-electron chi connectivity index (χ4n) is 4.24. The second-order valence-corrected chi connectivity index (χ2v) is 7.42. The molecule has 4 rings (SSSR count). The van der Waals surface area contributed by atoms with Crippen LogP contribution in [-0.4, -0.2) is 59.9 Å². The van der Waals surface area contributed by atoms with E-state index >= 15 is 0 Å². The van der Waals surface area contributed by atoms with E-state index in [2.05, 4.69) is 51.4 Å². The third-order valence-electron chi connectivity index (χ3n) is 5.73. The lowest BCUT2D eigenvalue weighted by molar-refractivity contribution is -0.135. The molecule has 3 heterocycles. The molecule has 28 heavy (non-hydrogen) atoms. The molecule has 1 aromatic carbocycles. The molecule has 0 bridgehead atoms. The molecule has 0 spiro atoms. The molecule has 2 saturated heterocycles. The van der Waals surface area contributed by atoms with Gasteiger partial charge in [0.05, 0.1) is 12.1 Å². The molecular weight excluding hydrogens is 397 g/mol. The Labute approximate surface area is 179 Å². The molecule has 0 unspecified atom stereocenters. The van der Waals surface area contributed by atoms with Crippen molar-refractivity contribution in [2.45, 2.75) is 12.8 Å². The standard InChI is InChI=1S/C20H27N5O.2ClH/c1-15-5-3-4-6-19(15)24-7-9-25(10-8-24)20(26)18-13-21-12-17(18)16-11-22-23(2)14-16;;/h3-6,11,14,17-18,21H,7-10,12-13H2,1-2H3;2*1H/t17-,18+;;/m1../s1. The molecule has 154 valence electrons. The molecule has 2 aromatic rings. The molecule has 2 fully saturated rings. The SMILES string of the molecule is Cc1ccccc1N1CCN(C(=O)[C@H]2CNC[C@@H]2c2cnn(C)c2)CC1.Cl.Cl. The van der Waals surface area contributed by atoms with E-state index in [1.807, 2.05) is 24.1 Å². The summed E-state index contributed by atoms with van der Waals surface area (Å²) in [6.45, 7) is 7.15. The largest absolute Gasteiger partial charge is 0.368 e. The average molecular weight is 426 g/mol. The van der Waals surface area contributed by atoms with E-state index in [4.69, 9.17) is 0 Å². The number of para-hydroxylation sites is 1. The van der Waals surface area contributed by atoms with Crippen molar-refractivity contribution in [3.63, 3.8) is 0 Å². The van der Waals surface area contributed by atoms with Gasteiger partial charge in [0.2, 0.25) is 5.91 Å². The van der Waals surface area contributed by atoms with Crippen LogP contribution in [0.4, 0.5) is 5.69 Å². The quantitative estimate of drug-likeness (QED) is 0.818. The zero-order chi connectivity index (χ0) is 18.1. The van der Waals surface area contributed by atoms with E-state index in [1.165, 1.54) is 11.3 Å². The number of piperazine rings is 1. The van der Waals surface area contributed by atoms with E-state index in [0.717, 1.165) is 44.8 Å². The lowest BCUT2D eigenvalue weighted by Crippen LogP contribution is -2.51. The summed E-state index contributed by atoms with van der Waals surface area (Å²) in [5, 5.41) is 7.67. The van der Waals surface area contributed by atoms with E-state index in [0.29, 0.717) is 0 Å². The Kier molecular flexibility index (Phi) is 7.75. The number of carbonyl (C=O) groups is 1. The van der Waals surface area contributed by atoms with Gasteiger partial charge < -0.3 is 15.1 Å². The summed E-state index contributed by atoms with van der Waals surface area (Å²) in [6, 6.07) is 8.48. The van der Waals surface area contributed by atoms with Gasteiger partial charge >= 0.3 is 0 Å². The molecule has 0 radical (unpaired) electrons. The Morgan fingerprint density at radius 1 is 1.11 bits per heavy atom. The summed E-state index contributed by atoms with van der Waals surface area (Å²) in [5.74, 6) is 0.531. The number of hydrogen-bond acceptors (Lipinski definition) is 4.